The molecule has 6 nitrogen and oxygen atoms in total. The Labute approximate surface area is 148 Å². The highest BCUT2D eigenvalue weighted by Crippen LogP contribution is 2.25. The average molecular weight is 340 g/mol. The fourth-order valence-electron chi connectivity index (χ4n) is 2.89. The minimum absolute atomic E-state index is 0.159. The maximum atomic E-state index is 12.3. The lowest BCUT2D eigenvalue weighted by atomic mass is 10.2. The molecule has 0 radical (unpaired) electrons. The van der Waals surface area contributed by atoms with E-state index in [0.29, 0.717) is 18.0 Å². The Kier molecular flexibility index (Phi) is 5.48. The van der Waals surface area contributed by atoms with Gasteiger partial charge < -0.3 is 15.0 Å². The number of hydrogen-bond acceptors (Lipinski definition) is 5. The number of aromatic nitrogens is 2. The van der Waals surface area contributed by atoms with Gasteiger partial charge in [0.15, 0.2) is 0 Å². The van der Waals surface area contributed by atoms with Crippen LogP contribution in [0.2, 0.25) is 0 Å². The van der Waals surface area contributed by atoms with E-state index in [1.54, 1.807) is 18.5 Å². The van der Waals surface area contributed by atoms with Gasteiger partial charge in [0.05, 0.1) is 5.56 Å². The molecule has 2 aromatic rings. The second-order valence-corrected chi connectivity index (χ2v) is 6.47. The minimum Gasteiger partial charge on any atom is -0.474 e. The summed E-state index contributed by atoms with van der Waals surface area (Å²) < 4.78 is 6.01. The number of rotatable bonds is 6. The number of pyridine rings is 2. The van der Waals surface area contributed by atoms with Crippen LogP contribution >= 0.6 is 0 Å². The molecule has 0 atom stereocenters. The predicted octanol–water partition coefficient (Wildman–Crippen LogP) is 2.79. The third-order valence-electron chi connectivity index (χ3n) is 4.34. The lowest BCUT2D eigenvalue weighted by Crippen LogP contribution is -2.24. The topological polar surface area (TPSA) is 67.4 Å². The van der Waals surface area contributed by atoms with Crippen LogP contribution in [0.1, 0.15) is 41.6 Å². The molecule has 1 fully saturated rings. The van der Waals surface area contributed by atoms with Crippen LogP contribution in [-0.4, -0.2) is 36.1 Å². The minimum atomic E-state index is -0.159. The van der Waals surface area contributed by atoms with Crippen LogP contribution in [0.15, 0.2) is 36.7 Å². The molecule has 0 aliphatic heterocycles. The van der Waals surface area contributed by atoms with Crippen molar-refractivity contribution in [3.8, 4) is 5.88 Å². The van der Waals surface area contributed by atoms with Crippen molar-refractivity contribution < 1.29 is 9.53 Å². The van der Waals surface area contributed by atoms with Gasteiger partial charge in [0.25, 0.3) is 5.91 Å². The summed E-state index contributed by atoms with van der Waals surface area (Å²) in [5, 5.41) is 2.92. The molecule has 1 aliphatic carbocycles. The number of anilines is 1. The number of nitrogens with one attached hydrogen (secondary N) is 1. The number of ether oxygens (including phenoxy) is 1. The molecule has 0 spiro atoms. The molecule has 0 aromatic carbocycles. The zero-order chi connectivity index (χ0) is 17.6. The zero-order valence-corrected chi connectivity index (χ0v) is 14.7. The van der Waals surface area contributed by atoms with Gasteiger partial charge in [0.1, 0.15) is 11.9 Å². The molecule has 1 amide bonds. The monoisotopic (exact) mass is 340 g/mol. The summed E-state index contributed by atoms with van der Waals surface area (Å²) in [5.41, 5.74) is 1.42. The van der Waals surface area contributed by atoms with E-state index in [-0.39, 0.29) is 12.0 Å². The Morgan fingerprint density at radius 1 is 1.24 bits per heavy atom. The van der Waals surface area contributed by atoms with Crippen LogP contribution in [-0.2, 0) is 6.54 Å². The molecule has 3 rings (SSSR count). The molecular weight excluding hydrogens is 316 g/mol. The van der Waals surface area contributed by atoms with Gasteiger partial charge in [-0.25, -0.2) is 9.97 Å². The van der Waals surface area contributed by atoms with Crippen LogP contribution in [0.3, 0.4) is 0 Å². The molecule has 1 saturated carbocycles. The van der Waals surface area contributed by atoms with Crippen LogP contribution in [0, 0.1) is 0 Å². The molecular formula is C19H24N4O2. The first-order chi connectivity index (χ1) is 12.1. The first-order valence-corrected chi connectivity index (χ1v) is 8.65. The Hall–Kier alpha value is -2.63. The highest BCUT2D eigenvalue weighted by molar-refractivity contribution is 5.94. The van der Waals surface area contributed by atoms with Crippen molar-refractivity contribution in [3.05, 3.63) is 47.8 Å². The summed E-state index contributed by atoms with van der Waals surface area (Å²) >= 11 is 0. The predicted molar refractivity (Wildman–Crippen MR) is 96.9 cm³/mol. The molecule has 132 valence electrons. The van der Waals surface area contributed by atoms with Gasteiger partial charge in [-0.1, -0.05) is 6.07 Å². The number of nitrogens with zero attached hydrogens (tertiary/aromatic N) is 3. The summed E-state index contributed by atoms with van der Waals surface area (Å²) in [7, 11) is 3.83. The fourth-order valence-corrected chi connectivity index (χ4v) is 2.89. The first-order valence-electron chi connectivity index (χ1n) is 8.65. The maximum absolute atomic E-state index is 12.3. The second-order valence-electron chi connectivity index (χ2n) is 6.47. The van der Waals surface area contributed by atoms with Crippen molar-refractivity contribution in [2.75, 3.05) is 19.0 Å². The number of amides is 1. The smallest absolute Gasteiger partial charge is 0.253 e. The summed E-state index contributed by atoms with van der Waals surface area (Å²) in [5.74, 6) is 1.28. The largest absolute Gasteiger partial charge is 0.474 e. The van der Waals surface area contributed by atoms with Crippen molar-refractivity contribution in [1.82, 2.24) is 15.3 Å². The van der Waals surface area contributed by atoms with E-state index in [9.17, 15) is 4.79 Å². The second kappa shape index (κ2) is 7.96. The summed E-state index contributed by atoms with van der Waals surface area (Å²) in [6, 6.07) is 7.39. The Morgan fingerprint density at radius 2 is 2.04 bits per heavy atom. The molecule has 2 aromatic heterocycles. The van der Waals surface area contributed by atoms with Gasteiger partial charge in [0, 0.05) is 38.6 Å². The van der Waals surface area contributed by atoms with Gasteiger partial charge in [0.2, 0.25) is 5.88 Å². The van der Waals surface area contributed by atoms with Crippen LogP contribution in [0.5, 0.6) is 5.88 Å². The number of hydrogen-bond donors (Lipinski definition) is 1. The normalized spacial score (nSPS) is 14.3. The summed E-state index contributed by atoms with van der Waals surface area (Å²) in [6.07, 6.45) is 8.12. The van der Waals surface area contributed by atoms with Gasteiger partial charge >= 0.3 is 0 Å². The van der Waals surface area contributed by atoms with Crippen LogP contribution < -0.4 is 15.0 Å². The van der Waals surface area contributed by atoms with E-state index in [1.807, 2.05) is 37.2 Å². The maximum Gasteiger partial charge on any atom is 0.253 e. The Balaban J connectivity index is 1.61. The van der Waals surface area contributed by atoms with Crippen LogP contribution in [0.25, 0.3) is 0 Å². The highest BCUT2D eigenvalue weighted by Gasteiger charge is 2.18. The van der Waals surface area contributed by atoms with Gasteiger partial charge in [-0.15, -0.1) is 0 Å². The highest BCUT2D eigenvalue weighted by atomic mass is 16.5. The van der Waals surface area contributed by atoms with E-state index in [2.05, 4.69) is 15.3 Å². The quantitative estimate of drug-likeness (QED) is 0.876. The van der Waals surface area contributed by atoms with Crippen molar-refractivity contribution in [3.63, 3.8) is 0 Å². The Morgan fingerprint density at radius 3 is 2.72 bits per heavy atom. The van der Waals surface area contributed by atoms with E-state index in [0.717, 1.165) is 24.2 Å². The lowest BCUT2D eigenvalue weighted by molar-refractivity contribution is 0.0950. The molecule has 0 unspecified atom stereocenters. The van der Waals surface area contributed by atoms with Crippen molar-refractivity contribution >= 4 is 11.7 Å². The van der Waals surface area contributed by atoms with Gasteiger partial charge in [-0.3, -0.25) is 4.79 Å². The Bertz CT molecular complexity index is 710. The summed E-state index contributed by atoms with van der Waals surface area (Å²) in [4.78, 5) is 22.8. The molecule has 0 saturated heterocycles. The number of carbonyl (C=O) groups excluding carboxylic acids is 1. The summed E-state index contributed by atoms with van der Waals surface area (Å²) in [6.45, 7) is 0.379. The molecule has 1 N–H and O–H groups in total. The van der Waals surface area contributed by atoms with Crippen molar-refractivity contribution in [2.24, 2.45) is 0 Å². The third-order valence-corrected chi connectivity index (χ3v) is 4.34. The van der Waals surface area contributed by atoms with Gasteiger partial charge in [-0.2, -0.15) is 0 Å². The van der Waals surface area contributed by atoms with E-state index < -0.39 is 0 Å². The fraction of sp³-hybridized carbons (Fsp3) is 0.421. The van der Waals surface area contributed by atoms with Crippen molar-refractivity contribution in [2.45, 2.75) is 38.3 Å². The molecule has 0 bridgehead atoms. The van der Waals surface area contributed by atoms with Crippen LogP contribution in [0.4, 0.5) is 5.82 Å². The van der Waals surface area contributed by atoms with Crippen molar-refractivity contribution in [1.29, 1.82) is 0 Å². The van der Waals surface area contributed by atoms with E-state index in [4.69, 9.17) is 4.74 Å². The standard InChI is InChI=1S/C19H24N4O2/c1-23(2)17-10-9-14(12-21-17)18(24)22-13-15-6-5-11-20-19(15)25-16-7-3-4-8-16/h5-6,9-12,16H,3-4,7-8,13H2,1-2H3,(H,22,24). The lowest BCUT2D eigenvalue weighted by Gasteiger charge is -2.15. The zero-order valence-electron chi connectivity index (χ0n) is 14.7. The molecule has 1 aliphatic rings. The SMILES string of the molecule is CN(C)c1ccc(C(=O)NCc2cccnc2OC2CCCC2)cn1. The number of carbonyl (C=O) groups is 1. The van der Waals surface area contributed by atoms with Gasteiger partial charge in [-0.05, 0) is 43.9 Å². The third kappa shape index (κ3) is 4.47. The van der Waals surface area contributed by atoms with E-state index in [1.165, 1.54) is 12.8 Å². The van der Waals surface area contributed by atoms with E-state index >= 15 is 0 Å². The first kappa shape index (κ1) is 17.2. The average Bonchev–Trinajstić information content (AvgIpc) is 3.14. The molecule has 2 heterocycles. The molecule has 25 heavy (non-hydrogen) atoms. The molecule has 6 heteroatoms.